The van der Waals surface area contributed by atoms with Crippen molar-refractivity contribution in [2.45, 2.75) is 0 Å². The van der Waals surface area contributed by atoms with Crippen molar-refractivity contribution in [1.29, 1.82) is 0 Å². The molecule has 4 rings (SSSR count). The van der Waals surface area contributed by atoms with Crippen LogP contribution in [-0.2, 0) is 0 Å². The smallest absolute Gasteiger partial charge is 0.193 e. The van der Waals surface area contributed by atoms with E-state index in [4.69, 9.17) is 13.9 Å². The van der Waals surface area contributed by atoms with Crippen LogP contribution >= 0.6 is 0 Å². The van der Waals surface area contributed by atoms with Crippen molar-refractivity contribution in [2.75, 3.05) is 14.2 Å². The number of benzene rings is 3. The summed E-state index contributed by atoms with van der Waals surface area (Å²) in [6.45, 7) is 0. The monoisotopic (exact) mass is 358 g/mol. The molecule has 1 heterocycles. The molecule has 4 heteroatoms. The van der Waals surface area contributed by atoms with Gasteiger partial charge in [-0.25, -0.2) is 0 Å². The molecule has 0 saturated heterocycles. The molecule has 0 aliphatic carbocycles. The Morgan fingerprint density at radius 2 is 1.37 bits per heavy atom. The lowest BCUT2D eigenvalue weighted by Gasteiger charge is -2.10. The van der Waals surface area contributed by atoms with Gasteiger partial charge in [-0.3, -0.25) is 4.79 Å². The highest BCUT2D eigenvalue weighted by atomic mass is 16.5. The predicted octanol–water partition coefficient (Wildman–Crippen LogP) is 5.14. The molecule has 134 valence electrons. The van der Waals surface area contributed by atoms with Crippen LogP contribution in [0.1, 0.15) is 0 Å². The van der Waals surface area contributed by atoms with E-state index in [0.717, 1.165) is 16.7 Å². The summed E-state index contributed by atoms with van der Waals surface area (Å²) in [7, 11) is 3.09. The van der Waals surface area contributed by atoms with Crippen LogP contribution in [-0.4, -0.2) is 14.2 Å². The average Bonchev–Trinajstić information content (AvgIpc) is 2.73. The van der Waals surface area contributed by atoms with Gasteiger partial charge in [-0.15, -0.1) is 0 Å². The highest BCUT2D eigenvalue weighted by molar-refractivity contribution is 5.83. The van der Waals surface area contributed by atoms with Gasteiger partial charge in [-0.2, -0.15) is 0 Å². The Morgan fingerprint density at radius 1 is 0.704 bits per heavy atom. The Hall–Kier alpha value is -3.53. The van der Waals surface area contributed by atoms with E-state index in [9.17, 15) is 4.79 Å². The van der Waals surface area contributed by atoms with E-state index in [2.05, 4.69) is 0 Å². The highest BCUT2D eigenvalue weighted by Gasteiger charge is 2.13. The highest BCUT2D eigenvalue weighted by Crippen LogP contribution is 2.33. The second-order valence-corrected chi connectivity index (χ2v) is 6.13. The Balaban J connectivity index is 1.86. The first kappa shape index (κ1) is 16.9. The minimum atomic E-state index is -0.127. The second kappa shape index (κ2) is 7.00. The van der Waals surface area contributed by atoms with Crippen molar-refractivity contribution in [1.82, 2.24) is 0 Å². The van der Waals surface area contributed by atoms with Gasteiger partial charge in [0, 0.05) is 17.7 Å². The van der Waals surface area contributed by atoms with Crippen LogP contribution in [0, 0.1) is 0 Å². The van der Waals surface area contributed by atoms with Gasteiger partial charge in [0.2, 0.25) is 0 Å². The molecule has 0 radical (unpaired) electrons. The third kappa shape index (κ3) is 3.17. The van der Waals surface area contributed by atoms with E-state index in [-0.39, 0.29) is 5.43 Å². The molecule has 4 aromatic rings. The molecule has 0 unspecified atom stereocenters. The van der Waals surface area contributed by atoms with E-state index >= 15 is 0 Å². The van der Waals surface area contributed by atoms with Gasteiger partial charge in [0.05, 0.1) is 19.6 Å². The molecule has 3 aromatic carbocycles. The summed E-state index contributed by atoms with van der Waals surface area (Å²) < 4.78 is 16.6. The Labute approximate surface area is 156 Å². The zero-order valence-electron chi connectivity index (χ0n) is 15.1. The molecular formula is C23H18O4. The van der Waals surface area contributed by atoms with E-state index in [1.807, 2.05) is 54.6 Å². The van der Waals surface area contributed by atoms with Crippen LogP contribution in [0.2, 0.25) is 0 Å². The number of fused-ring (bicyclic) bond motifs is 1. The molecule has 0 spiro atoms. The number of methoxy groups -OCH3 is 2. The summed E-state index contributed by atoms with van der Waals surface area (Å²) >= 11 is 0. The molecule has 27 heavy (non-hydrogen) atoms. The standard InChI is InChI=1S/C23H18O4/c1-25-22-12-18-19(24)13-20(27-21(18)14-23(22)26-2)17-10-6-9-16(11-17)15-7-4-3-5-8-15/h3-14H,1-2H3. The van der Waals surface area contributed by atoms with E-state index in [1.165, 1.54) is 13.2 Å². The van der Waals surface area contributed by atoms with Crippen molar-refractivity contribution in [3.05, 3.63) is 83.0 Å². The Bertz CT molecular complexity index is 1160. The number of hydrogen-bond acceptors (Lipinski definition) is 4. The summed E-state index contributed by atoms with van der Waals surface area (Å²) in [6.07, 6.45) is 0. The summed E-state index contributed by atoms with van der Waals surface area (Å²) in [5, 5.41) is 0.454. The normalized spacial score (nSPS) is 10.7. The fraction of sp³-hybridized carbons (Fsp3) is 0.0870. The zero-order chi connectivity index (χ0) is 18.8. The first-order chi connectivity index (χ1) is 13.2. The third-order valence-corrected chi connectivity index (χ3v) is 4.49. The van der Waals surface area contributed by atoms with Crippen LogP contribution < -0.4 is 14.9 Å². The largest absolute Gasteiger partial charge is 0.493 e. The SMILES string of the molecule is COc1cc2oc(-c3cccc(-c4ccccc4)c3)cc(=O)c2cc1OC. The maximum atomic E-state index is 12.6. The maximum Gasteiger partial charge on any atom is 0.193 e. The van der Waals surface area contributed by atoms with Crippen LogP contribution in [0.4, 0.5) is 0 Å². The molecule has 4 nitrogen and oxygen atoms in total. The summed E-state index contributed by atoms with van der Waals surface area (Å²) in [4.78, 5) is 12.6. The van der Waals surface area contributed by atoms with E-state index in [0.29, 0.717) is 28.2 Å². The minimum Gasteiger partial charge on any atom is -0.493 e. The van der Waals surface area contributed by atoms with Gasteiger partial charge < -0.3 is 13.9 Å². The van der Waals surface area contributed by atoms with Crippen molar-refractivity contribution >= 4 is 11.0 Å². The molecule has 1 aromatic heterocycles. The topological polar surface area (TPSA) is 48.7 Å². The van der Waals surface area contributed by atoms with Crippen molar-refractivity contribution in [2.24, 2.45) is 0 Å². The van der Waals surface area contributed by atoms with Crippen molar-refractivity contribution < 1.29 is 13.9 Å². The fourth-order valence-electron chi connectivity index (χ4n) is 3.11. The molecule has 0 aliphatic rings. The summed E-state index contributed by atoms with van der Waals surface area (Å²) in [5.74, 6) is 1.52. The molecule has 0 atom stereocenters. The lowest BCUT2D eigenvalue weighted by atomic mass is 10.0. The minimum absolute atomic E-state index is 0.127. The summed E-state index contributed by atoms with van der Waals surface area (Å²) in [5.41, 5.74) is 3.33. The van der Waals surface area contributed by atoms with Crippen LogP contribution in [0.5, 0.6) is 11.5 Å². The number of hydrogen-bond donors (Lipinski definition) is 0. The number of rotatable bonds is 4. The Kier molecular flexibility index (Phi) is 4.38. The molecular weight excluding hydrogens is 340 g/mol. The van der Waals surface area contributed by atoms with Gasteiger partial charge in [0.1, 0.15) is 11.3 Å². The third-order valence-electron chi connectivity index (χ3n) is 4.49. The quantitative estimate of drug-likeness (QED) is 0.506. The second-order valence-electron chi connectivity index (χ2n) is 6.13. The molecule has 0 N–H and O–H groups in total. The van der Waals surface area contributed by atoms with Gasteiger partial charge >= 0.3 is 0 Å². The molecule has 0 saturated carbocycles. The van der Waals surface area contributed by atoms with Crippen LogP contribution in [0.25, 0.3) is 33.4 Å². The van der Waals surface area contributed by atoms with E-state index < -0.39 is 0 Å². The molecule has 0 aliphatic heterocycles. The van der Waals surface area contributed by atoms with Crippen molar-refractivity contribution in [3.8, 4) is 33.9 Å². The van der Waals surface area contributed by atoms with Gasteiger partial charge in [-0.1, -0.05) is 48.5 Å². The predicted molar refractivity (Wildman–Crippen MR) is 106 cm³/mol. The number of ether oxygens (including phenoxy) is 2. The van der Waals surface area contributed by atoms with Gasteiger partial charge in [-0.05, 0) is 23.3 Å². The van der Waals surface area contributed by atoms with Crippen LogP contribution in [0.15, 0.2) is 82.0 Å². The first-order valence-corrected chi connectivity index (χ1v) is 8.55. The molecule has 0 fully saturated rings. The van der Waals surface area contributed by atoms with Crippen molar-refractivity contribution in [3.63, 3.8) is 0 Å². The molecule has 0 amide bonds. The molecule has 0 bridgehead atoms. The van der Waals surface area contributed by atoms with Gasteiger partial charge in [0.25, 0.3) is 0 Å². The average molecular weight is 358 g/mol. The zero-order valence-corrected chi connectivity index (χ0v) is 15.1. The maximum absolute atomic E-state index is 12.6. The fourth-order valence-corrected chi connectivity index (χ4v) is 3.11. The Morgan fingerprint density at radius 3 is 2.11 bits per heavy atom. The summed E-state index contributed by atoms with van der Waals surface area (Å²) in [6, 6.07) is 22.8. The van der Waals surface area contributed by atoms with Crippen LogP contribution in [0.3, 0.4) is 0 Å². The van der Waals surface area contributed by atoms with Gasteiger partial charge in [0.15, 0.2) is 16.9 Å². The first-order valence-electron chi connectivity index (χ1n) is 8.55. The lowest BCUT2D eigenvalue weighted by molar-refractivity contribution is 0.355. The van der Waals surface area contributed by atoms with E-state index in [1.54, 1.807) is 19.2 Å². The lowest BCUT2D eigenvalue weighted by Crippen LogP contribution is -2.02.